The van der Waals surface area contributed by atoms with Crippen molar-refractivity contribution in [2.45, 2.75) is 33.4 Å². The predicted molar refractivity (Wildman–Crippen MR) is 141 cm³/mol. The van der Waals surface area contributed by atoms with Crippen molar-refractivity contribution in [3.8, 4) is 11.8 Å². The van der Waals surface area contributed by atoms with Crippen molar-refractivity contribution in [3.63, 3.8) is 0 Å². The number of hydrogen-bond donors (Lipinski definition) is 1. The third kappa shape index (κ3) is 5.08. The molecular formula is C25H26N4O3S2. The number of benzene rings is 1. The van der Waals surface area contributed by atoms with Crippen molar-refractivity contribution >= 4 is 46.1 Å². The number of thiocarbonyl (C=S) groups is 1. The SMILES string of the molecule is C=CCN1C(=O)/C(=C\c2c(C)c(C#N)c(=O)n(CCC)c2NCc2ccc(OC)cc2)SC1=S. The predicted octanol–water partition coefficient (Wildman–Crippen LogP) is 4.45. The van der Waals surface area contributed by atoms with Gasteiger partial charge in [0.05, 0.1) is 12.0 Å². The molecule has 1 N–H and O–H groups in total. The van der Waals surface area contributed by atoms with Gasteiger partial charge in [-0.1, -0.05) is 49.1 Å². The van der Waals surface area contributed by atoms with Crippen molar-refractivity contribution in [1.82, 2.24) is 9.47 Å². The molecule has 1 aromatic carbocycles. The Labute approximate surface area is 208 Å². The van der Waals surface area contributed by atoms with Gasteiger partial charge < -0.3 is 10.1 Å². The summed E-state index contributed by atoms with van der Waals surface area (Å²) in [6.07, 6.45) is 4.04. The summed E-state index contributed by atoms with van der Waals surface area (Å²) in [4.78, 5) is 28.0. The third-order valence-electron chi connectivity index (χ3n) is 5.40. The zero-order valence-corrected chi connectivity index (χ0v) is 21.0. The zero-order valence-electron chi connectivity index (χ0n) is 19.4. The number of rotatable bonds is 9. The molecule has 0 aliphatic carbocycles. The monoisotopic (exact) mass is 494 g/mol. The first-order valence-electron chi connectivity index (χ1n) is 10.8. The van der Waals surface area contributed by atoms with Crippen LogP contribution in [0.15, 0.2) is 46.6 Å². The van der Waals surface area contributed by atoms with Crippen LogP contribution in [0, 0.1) is 18.3 Å². The Morgan fingerprint density at radius 2 is 2.00 bits per heavy atom. The van der Waals surface area contributed by atoms with E-state index >= 15 is 0 Å². The Morgan fingerprint density at radius 1 is 1.29 bits per heavy atom. The normalized spacial score (nSPS) is 14.4. The highest BCUT2D eigenvalue weighted by molar-refractivity contribution is 8.26. The summed E-state index contributed by atoms with van der Waals surface area (Å²) in [5.41, 5.74) is 1.84. The van der Waals surface area contributed by atoms with E-state index in [2.05, 4.69) is 11.9 Å². The number of aromatic nitrogens is 1. The minimum absolute atomic E-state index is 0.0660. The number of carbonyl (C=O) groups is 1. The van der Waals surface area contributed by atoms with Gasteiger partial charge in [0.1, 0.15) is 27.5 Å². The minimum atomic E-state index is -0.351. The molecule has 1 aliphatic rings. The van der Waals surface area contributed by atoms with E-state index in [1.54, 1.807) is 30.8 Å². The Balaban J connectivity index is 2.13. The summed E-state index contributed by atoms with van der Waals surface area (Å²) < 4.78 is 7.24. The average molecular weight is 495 g/mol. The first-order chi connectivity index (χ1) is 16.4. The highest BCUT2D eigenvalue weighted by Crippen LogP contribution is 2.35. The van der Waals surface area contributed by atoms with Crippen molar-refractivity contribution in [1.29, 1.82) is 5.26 Å². The van der Waals surface area contributed by atoms with Crippen LogP contribution in [0.1, 0.15) is 35.6 Å². The topological polar surface area (TPSA) is 87.4 Å². The Kier molecular flexibility index (Phi) is 8.31. The first-order valence-corrected chi connectivity index (χ1v) is 12.0. The van der Waals surface area contributed by atoms with E-state index in [1.165, 1.54) is 16.7 Å². The van der Waals surface area contributed by atoms with Gasteiger partial charge in [0.2, 0.25) is 0 Å². The number of methoxy groups -OCH3 is 1. The number of carbonyl (C=O) groups excluding carboxylic acids is 1. The number of amides is 1. The number of nitriles is 1. The largest absolute Gasteiger partial charge is 0.497 e. The lowest BCUT2D eigenvalue weighted by molar-refractivity contribution is -0.121. The Bertz CT molecular complexity index is 1260. The quantitative estimate of drug-likeness (QED) is 0.313. The van der Waals surface area contributed by atoms with E-state index in [9.17, 15) is 14.9 Å². The number of pyridine rings is 1. The fraction of sp³-hybridized carbons (Fsp3) is 0.280. The number of nitrogens with zero attached hydrogens (tertiary/aromatic N) is 3. The lowest BCUT2D eigenvalue weighted by Gasteiger charge is -2.20. The standard InChI is InChI=1S/C25H26N4O3S2/c1-5-11-28-22(27-15-17-7-9-18(32-4)10-8-17)19(16(3)20(14-26)23(28)30)13-21-24(31)29(12-6-2)25(33)34-21/h6-10,13,27H,2,5,11-12,15H2,1,3-4H3/b21-13+. The Hall–Kier alpha value is -3.35. The molecule has 2 heterocycles. The lowest BCUT2D eigenvalue weighted by Crippen LogP contribution is -2.29. The highest BCUT2D eigenvalue weighted by Gasteiger charge is 2.32. The van der Waals surface area contributed by atoms with Crippen molar-refractivity contribution in [2.75, 3.05) is 19.0 Å². The fourth-order valence-electron chi connectivity index (χ4n) is 3.64. The minimum Gasteiger partial charge on any atom is -0.497 e. The van der Waals surface area contributed by atoms with Crippen molar-refractivity contribution in [2.24, 2.45) is 0 Å². The van der Waals surface area contributed by atoms with Gasteiger partial charge in [0, 0.05) is 25.2 Å². The fourth-order valence-corrected chi connectivity index (χ4v) is 4.89. The molecule has 9 heteroatoms. The van der Waals surface area contributed by atoms with Gasteiger partial charge in [-0.15, -0.1) is 6.58 Å². The molecule has 1 aromatic heterocycles. The van der Waals surface area contributed by atoms with Crippen LogP contribution in [0.3, 0.4) is 0 Å². The summed E-state index contributed by atoms with van der Waals surface area (Å²) >= 11 is 6.56. The molecule has 3 rings (SSSR count). The van der Waals surface area contributed by atoms with Crippen LogP contribution in [0.25, 0.3) is 6.08 Å². The highest BCUT2D eigenvalue weighted by atomic mass is 32.2. The van der Waals surface area contributed by atoms with Crippen LogP contribution in [0.2, 0.25) is 0 Å². The van der Waals surface area contributed by atoms with Crippen molar-refractivity contribution < 1.29 is 9.53 Å². The van der Waals surface area contributed by atoms with E-state index < -0.39 is 0 Å². The summed E-state index contributed by atoms with van der Waals surface area (Å²) in [6.45, 7) is 8.57. The molecule has 0 unspecified atom stereocenters. The molecule has 34 heavy (non-hydrogen) atoms. The van der Waals surface area contributed by atoms with Gasteiger partial charge in [0.25, 0.3) is 11.5 Å². The van der Waals surface area contributed by atoms with E-state index in [4.69, 9.17) is 17.0 Å². The van der Waals surface area contributed by atoms with Gasteiger partial charge in [-0.3, -0.25) is 19.1 Å². The molecule has 1 amide bonds. The maximum absolute atomic E-state index is 13.1. The second-order valence-corrected chi connectivity index (χ2v) is 9.29. The number of thioether (sulfide) groups is 1. The molecule has 0 radical (unpaired) electrons. The maximum Gasteiger partial charge on any atom is 0.270 e. The summed E-state index contributed by atoms with van der Waals surface area (Å²) in [5, 5.41) is 13.1. The van der Waals surface area contributed by atoms with E-state index in [0.717, 1.165) is 11.3 Å². The van der Waals surface area contributed by atoms with Gasteiger partial charge >= 0.3 is 0 Å². The van der Waals surface area contributed by atoms with Crippen LogP contribution < -0.4 is 15.6 Å². The van der Waals surface area contributed by atoms with Gasteiger partial charge in [-0.05, 0) is 42.7 Å². The molecule has 1 saturated heterocycles. The molecular weight excluding hydrogens is 468 g/mol. The number of ether oxygens (including phenoxy) is 1. The average Bonchev–Trinajstić information content (AvgIpc) is 3.10. The molecule has 2 aromatic rings. The van der Waals surface area contributed by atoms with Crippen LogP contribution in [-0.2, 0) is 17.9 Å². The number of hydrogen-bond acceptors (Lipinski definition) is 7. The van der Waals surface area contributed by atoms with E-state index in [0.29, 0.717) is 52.2 Å². The number of anilines is 1. The van der Waals surface area contributed by atoms with Crippen LogP contribution in [0.4, 0.5) is 5.82 Å². The van der Waals surface area contributed by atoms with Crippen LogP contribution >= 0.6 is 24.0 Å². The summed E-state index contributed by atoms with van der Waals surface area (Å²) in [5.74, 6) is 1.10. The molecule has 0 atom stereocenters. The first kappa shape index (κ1) is 25.3. The maximum atomic E-state index is 13.1. The van der Waals surface area contributed by atoms with Gasteiger partial charge in [0.15, 0.2) is 0 Å². The summed E-state index contributed by atoms with van der Waals surface area (Å²) in [7, 11) is 1.61. The number of nitrogens with one attached hydrogen (secondary N) is 1. The van der Waals surface area contributed by atoms with Gasteiger partial charge in [-0.2, -0.15) is 5.26 Å². The molecule has 0 spiro atoms. The third-order valence-corrected chi connectivity index (χ3v) is 6.78. The molecule has 0 saturated carbocycles. The van der Waals surface area contributed by atoms with Crippen LogP contribution in [0.5, 0.6) is 5.75 Å². The molecule has 176 valence electrons. The van der Waals surface area contributed by atoms with Crippen LogP contribution in [-0.4, -0.2) is 33.3 Å². The molecule has 0 bridgehead atoms. The van der Waals surface area contributed by atoms with E-state index in [1.807, 2.05) is 37.3 Å². The molecule has 7 nitrogen and oxygen atoms in total. The van der Waals surface area contributed by atoms with E-state index in [-0.39, 0.29) is 17.0 Å². The van der Waals surface area contributed by atoms with Gasteiger partial charge in [-0.25, -0.2) is 0 Å². The zero-order chi connectivity index (χ0) is 24.8. The van der Waals surface area contributed by atoms with Crippen molar-refractivity contribution in [3.05, 3.63) is 74.4 Å². The lowest BCUT2D eigenvalue weighted by atomic mass is 10.0. The second kappa shape index (κ2) is 11.2. The second-order valence-electron chi connectivity index (χ2n) is 7.61. The Morgan fingerprint density at radius 3 is 2.59 bits per heavy atom. The summed E-state index contributed by atoms with van der Waals surface area (Å²) in [6, 6.07) is 9.65. The smallest absolute Gasteiger partial charge is 0.270 e. The molecule has 1 aliphatic heterocycles. The molecule has 1 fully saturated rings.